The maximum atomic E-state index is 13.4. The minimum Gasteiger partial charge on any atom is -0.298 e. The molecule has 12 heteroatoms. The van der Waals surface area contributed by atoms with Crippen molar-refractivity contribution in [1.29, 1.82) is 0 Å². The van der Waals surface area contributed by atoms with Gasteiger partial charge in [-0.2, -0.15) is 18.3 Å². The number of carbonyl (C=O) groups is 1. The molecule has 1 heterocycles. The number of anilines is 1. The number of hydrogen-bond donors (Lipinski definition) is 1. The lowest BCUT2D eigenvalue weighted by molar-refractivity contribution is -0.137. The Morgan fingerprint density at radius 2 is 1.59 bits per heavy atom. The van der Waals surface area contributed by atoms with Crippen LogP contribution in [0.1, 0.15) is 24.0 Å². The summed E-state index contributed by atoms with van der Waals surface area (Å²) in [6.45, 7) is 1.44. The first kappa shape index (κ1) is 28.6. The van der Waals surface area contributed by atoms with E-state index in [4.69, 9.17) is 11.6 Å². The van der Waals surface area contributed by atoms with Gasteiger partial charge in [0.25, 0.3) is 15.9 Å². The summed E-state index contributed by atoms with van der Waals surface area (Å²) in [5, 5.41) is 3.90. The van der Waals surface area contributed by atoms with E-state index in [2.05, 4.69) is 27.6 Å². The summed E-state index contributed by atoms with van der Waals surface area (Å²) < 4.78 is 67.7. The van der Waals surface area contributed by atoms with Crippen LogP contribution in [0.15, 0.2) is 88.9 Å². The summed E-state index contributed by atoms with van der Waals surface area (Å²) in [6, 6.07) is 19.4. The molecule has 0 aromatic heterocycles. The highest BCUT2D eigenvalue weighted by atomic mass is 35.5. The van der Waals surface area contributed by atoms with Crippen molar-refractivity contribution in [2.75, 3.05) is 23.9 Å². The molecular formula is C27H26ClF3N4O3S. The summed E-state index contributed by atoms with van der Waals surface area (Å²) in [5.74, 6) is -0.817. The first-order chi connectivity index (χ1) is 18.5. The number of sulfonamides is 1. The Balaban J connectivity index is 1.50. The Labute approximate surface area is 229 Å². The SMILES string of the molecule is O=C(CN(c1cc(C(F)(F)F)ccc1Cl)S(=O)(=O)c1ccccc1)NN=C1CCN(Cc2ccccc2)CC1. The molecule has 3 aromatic rings. The highest BCUT2D eigenvalue weighted by Crippen LogP contribution is 2.37. The first-order valence-corrected chi connectivity index (χ1v) is 13.9. The topological polar surface area (TPSA) is 82.1 Å². The fourth-order valence-corrected chi connectivity index (χ4v) is 5.85. The number of hydrogen-bond acceptors (Lipinski definition) is 5. The van der Waals surface area contributed by atoms with Crippen LogP contribution < -0.4 is 9.73 Å². The molecule has 1 aliphatic rings. The molecule has 0 radical (unpaired) electrons. The maximum absolute atomic E-state index is 13.4. The van der Waals surface area contributed by atoms with Crippen LogP contribution in [0.5, 0.6) is 0 Å². The third-order valence-electron chi connectivity index (χ3n) is 6.18. The van der Waals surface area contributed by atoms with E-state index in [-0.39, 0.29) is 9.92 Å². The number of alkyl halides is 3. The lowest BCUT2D eigenvalue weighted by Crippen LogP contribution is -2.40. The second kappa shape index (κ2) is 12.2. The highest BCUT2D eigenvalue weighted by Gasteiger charge is 2.34. The van der Waals surface area contributed by atoms with Crippen LogP contribution in [0.3, 0.4) is 0 Å². The van der Waals surface area contributed by atoms with E-state index in [1.165, 1.54) is 29.8 Å². The number of nitrogens with zero attached hydrogens (tertiary/aromatic N) is 3. The fourth-order valence-electron chi connectivity index (χ4n) is 4.13. The molecule has 0 unspecified atom stereocenters. The van der Waals surface area contributed by atoms with E-state index in [1.807, 2.05) is 18.2 Å². The predicted molar refractivity (Wildman–Crippen MR) is 144 cm³/mol. The fraction of sp³-hybridized carbons (Fsp3) is 0.259. The van der Waals surface area contributed by atoms with E-state index >= 15 is 0 Å². The lowest BCUT2D eigenvalue weighted by Gasteiger charge is -2.27. The molecule has 39 heavy (non-hydrogen) atoms. The molecule has 3 aromatic carbocycles. The van der Waals surface area contributed by atoms with Crippen molar-refractivity contribution in [2.45, 2.75) is 30.5 Å². The van der Waals surface area contributed by atoms with Crippen LogP contribution in [0.2, 0.25) is 5.02 Å². The maximum Gasteiger partial charge on any atom is 0.416 e. The molecular weight excluding hydrogens is 553 g/mol. The van der Waals surface area contributed by atoms with E-state index in [0.717, 1.165) is 37.5 Å². The number of benzene rings is 3. The van der Waals surface area contributed by atoms with Crippen LogP contribution in [-0.4, -0.2) is 44.6 Å². The van der Waals surface area contributed by atoms with Crippen molar-refractivity contribution >= 4 is 38.9 Å². The zero-order chi connectivity index (χ0) is 28.0. The summed E-state index contributed by atoms with van der Waals surface area (Å²) in [4.78, 5) is 14.9. The largest absolute Gasteiger partial charge is 0.416 e. The standard InChI is InChI=1S/C27H26ClF3N4O3S/c28-24-12-11-21(27(29,30)31)17-25(24)35(39(37,38)23-9-5-2-6-10-23)19-26(36)33-32-22-13-15-34(16-14-22)18-20-7-3-1-4-8-20/h1-12,17H,13-16,18-19H2,(H,33,36). The molecule has 7 nitrogen and oxygen atoms in total. The van der Waals surface area contributed by atoms with Crippen molar-refractivity contribution < 1.29 is 26.4 Å². The minimum atomic E-state index is -4.74. The molecule has 1 amide bonds. The summed E-state index contributed by atoms with van der Waals surface area (Å²) >= 11 is 6.15. The second-order valence-corrected chi connectivity index (χ2v) is 11.2. The van der Waals surface area contributed by atoms with Crippen LogP contribution in [0.25, 0.3) is 0 Å². The van der Waals surface area contributed by atoms with Crippen LogP contribution >= 0.6 is 11.6 Å². The van der Waals surface area contributed by atoms with Gasteiger partial charge in [0.1, 0.15) is 6.54 Å². The number of rotatable bonds is 8. The zero-order valence-electron chi connectivity index (χ0n) is 20.7. The van der Waals surface area contributed by atoms with Crippen LogP contribution in [0, 0.1) is 0 Å². The molecule has 0 aliphatic carbocycles. The van der Waals surface area contributed by atoms with Gasteiger partial charge in [0.2, 0.25) is 0 Å². The van der Waals surface area contributed by atoms with Crippen molar-refractivity contribution in [2.24, 2.45) is 5.10 Å². The number of likely N-dealkylation sites (tertiary alicyclic amines) is 1. The average Bonchev–Trinajstić information content (AvgIpc) is 2.92. The molecule has 0 spiro atoms. The number of nitrogens with one attached hydrogen (secondary N) is 1. The van der Waals surface area contributed by atoms with Crippen molar-refractivity contribution in [3.8, 4) is 0 Å². The summed E-state index contributed by atoms with van der Waals surface area (Å²) in [7, 11) is -4.45. The van der Waals surface area contributed by atoms with Gasteiger partial charge >= 0.3 is 6.18 Å². The molecule has 0 atom stereocenters. The number of piperidine rings is 1. The molecule has 0 bridgehead atoms. The number of halogens is 4. The van der Waals surface area contributed by atoms with E-state index < -0.39 is 39.9 Å². The predicted octanol–water partition coefficient (Wildman–Crippen LogP) is 5.32. The van der Waals surface area contributed by atoms with Gasteiger partial charge in [0.15, 0.2) is 0 Å². The quantitative estimate of drug-likeness (QED) is 0.367. The second-order valence-electron chi connectivity index (χ2n) is 8.96. The molecule has 4 rings (SSSR count). The van der Waals surface area contributed by atoms with Gasteiger partial charge in [-0.25, -0.2) is 13.8 Å². The van der Waals surface area contributed by atoms with Gasteiger partial charge in [-0.3, -0.25) is 14.0 Å². The van der Waals surface area contributed by atoms with Gasteiger partial charge in [0, 0.05) is 38.2 Å². The van der Waals surface area contributed by atoms with Crippen LogP contribution in [-0.2, 0) is 27.5 Å². The van der Waals surface area contributed by atoms with E-state index in [1.54, 1.807) is 6.07 Å². The average molecular weight is 579 g/mol. The van der Waals surface area contributed by atoms with Gasteiger partial charge in [-0.15, -0.1) is 0 Å². The van der Waals surface area contributed by atoms with Gasteiger partial charge in [-0.1, -0.05) is 60.1 Å². The molecule has 206 valence electrons. The molecule has 1 saturated heterocycles. The Morgan fingerprint density at radius 1 is 0.974 bits per heavy atom. The monoisotopic (exact) mass is 578 g/mol. The third-order valence-corrected chi connectivity index (χ3v) is 8.28. The van der Waals surface area contributed by atoms with E-state index in [9.17, 15) is 26.4 Å². The smallest absolute Gasteiger partial charge is 0.298 e. The Bertz CT molecular complexity index is 1430. The number of hydrazone groups is 1. The van der Waals surface area contributed by atoms with Gasteiger partial charge in [0.05, 0.1) is 21.2 Å². The zero-order valence-corrected chi connectivity index (χ0v) is 22.3. The Kier molecular flexibility index (Phi) is 8.94. The lowest BCUT2D eigenvalue weighted by atomic mass is 10.1. The summed E-state index contributed by atoms with van der Waals surface area (Å²) in [6.07, 6.45) is -3.53. The Hall–Kier alpha value is -3.41. The first-order valence-electron chi connectivity index (χ1n) is 12.1. The number of carbonyl (C=O) groups excluding carboxylic acids is 1. The van der Waals surface area contributed by atoms with E-state index in [0.29, 0.717) is 23.2 Å². The molecule has 1 aliphatic heterocycles. The minimum absolute atomic E-state index is 0.205. The normalized spacial score (nSPS) is 14.6. The summed E-state index contributed by atoms with van der Waals surface area (Å²) in [5.41, 5.74) is 2.73. The molecule has 1 N–H and O–H groups in total. The van der Waals surface area contributed by atoms with Gasteiger partial charge < -0.3 is 0 Å². The highest BCUT2D eigenvalue weighted by molar-refractivity contribution is 7.92. The van der Waals surface area contributed by atoms with Crippen molar-refractivity contribution in [1.82, 2.24) is 10.3 Å². The number of amides is 1. The molecule has 1 fully saturated rings. The third kappa shape index (κ3) is 7.37. The van der Waals surface area contributed by atoms with Crippen molar-refractivity contribution in [3.63, 3.8) is 0 Å². The Morgan fingerprint density at radius 3 is 2.21 bits per heavy atom. The van der Waals surface area contributed by atoms with Crippen molar-refractivity contribution in [3.05, 3.63) is 95.0 Å². The van der Waals surface area contributed by atoms with Crippen LogP contribution in [0.4, 0.5) is 18.9 Å². The van der Waals surface area contributed by atoms with Gasteiger partial charge in [-0.05, 0) is 35.9 Å². The molecule has 0 saturated carbocycles.